The Labute approximate surface area is 214 Å². The van der Waals surface area contributed by atoms with Crippen LogP contribution in [0.2, 0.25) is 0 Å². The van der Waals surface area contributed by atoms with Crippen LogP contribution in [0.25, 0.3) is 0 Å². The van der Waals surface area contributed by atoms with E-state index in [2.05, 4.69) is 12.2 Å². The molecule has 0 aliphatic rings. The maximum absolute atomic E-state index is 13.6. The van der Waals surface area contributed by atoms with E-state index in [0.29, 0.717) is 24.5 Å². The maximum Gasteiger partial charge on any atom is 0.261 e. The fourth-order valence-corrected chi connectivity index (χ4v) is 3.97. The molecule has 3 aromatic rings. The predicted octanol–water partition coefficient (Wildman–Crippen LogP) is 4.94. The van der Waals surface area contributed by atoms with Gasteiger partial charge in [-0.05, 0) is 48.2 Å². The van der Waals surface area contributed by atoms with Crippen molar-refractivity contribution in [1.82, 2.24) is 10.2 Å². The third-order valence-corrected chi connectivity index (χ3v) is 6.03. The first-order valence-corrected chi connectivity index (χ1v) is 12.4. The van der Waals surface area contributed by atoms with E-state index in [1.54, 1.807) is 12.0 Å². The van der Waals surface area contributed by atoms with Gasteiger partial charge < -0.3 is 19.7 Å². The Morgan fingerprint density at radius 2 is 1.67 bits per heavy atom. The minimum Gasteiger partial charge on any atom is -0.497 e. The highest BCUT2D eigenvalue weighted by Crippen LogP contribution is 2.20. The molecule has 1 N–H and O–H groups in total. The summed E-state index contributed by atoms with van der Waals surface area (Å²) < 4.78 is 11.3. The van der Waals surface area contributed by atoms with E-state index in [1.165, 1.54) is 0 Å². The zero-order chi connectivity index (χ0) is 25.8. The summed E-state index contributed by atoms with van der Waals surface area (Å²) >= 11 is 0. The second kappa shape index (κ2) is 13.9. The van der Waals surface area contributed by atoms with Crippen LogP contribution in [0.5, 0.6) is 11.5 Å². The number of carbonyl (C=O) groups is 2. The summed E-state index contributed by atoms with van der Waals surface area (Å²) in [5, 5.41) is 3.03. The molecule has 1 unspecified atom stereocenters. The van der Waals surface area contributed by atoms with Crippen molar-refractivity contribution >= 4 is 11.8 Å². The number of carbonyl (C=O) groups excluding carboxylic acids is 2. The SMILES string of the molecule is CCCCNC(=O)C(Cc1ccccc1)N(Cc1cccc(OC)c1)C(=O)COc1ccccc1C. The number of rotatable bonds is 13. The van der Waals surface area contributed by atoms with E-state index in [4.69, 9.17) is 9.47 Å². The summed E-state index contributed by atoms with van der Waals surface area (Å²) in [5.74, 6) is 0.925. The molecule has 0 saturated heterocycles. The topological polar surface area (TPSA) is 67.9 Å². The van der Waals surface area contributed by atoms with E-state index in [1.807, 2.05) is 85.8 Å². The van der Waals surface area contributed by atoms with Gasteiger partial charge in [0.15, 0.2) is 6.61 Å². The van der Waals surface area contributed by atoms with E-state index >= 15 is 0 Å². The lowest BCUT2D eigenvalue weighted by Crippen LogP contribution is -2.51. The summed E-state index contributed by atoms with van der Waals surface area (Å²) in [6, 6.07) is 24.2. The maximum atomic E-state index is 13.6. The molecule has 36 heavy (non-hydrogen) atoms. The second-order valence-electron chi connectivity index (χ2n) is 8.78. The molecular formula is C30H36N2O4. The molecule has 6 nitrogen and oxygen atoms in total. The number of nitrogens with zero attached hydrogens (tertiary/aromatic N) is 1. The van der Waals surface area contributed by atoms with Gasteiger partial charge in [-0.1, -0.05) is 74.0 Å². The zero-order valence-corrected chi connectivity index (χ0v) is 21.4. The van der Waals surface area contributed by atoms with Gasteiger partial charge in [0.1, 0.15) is 17.5 Å². The molecule has 0 saturated carbocycles. The van der Waals surface area contributed by atoms with Crippen LogP contribution in [-0.2, 0) is 22.6 Å². The van der Waals surface area contributed by atoms with Crippen LogP contribution in [0.1, 0.15) is 36.5 Å². The minimum absolute atomic E-state index is 0.164. The van der Waals surface area contributed by atoms with Gasteiger partial charge in [0.2, 0.25) is 5.91 Å². The summed E-state index contributed by atoms with van der Waals surface area (Å²) in [7, 11) is 1.61. The number of hydrogen-bond acceptors (Lipinski definition) is 4. The molecule has 0 spiro atoms. The molecule has 0 aliphatic heterocycles. The van der Waals surface area contributed by atoms with Crippen molar-refractivity contribution in [3.63, 3.8) is 0 Å². The Hall–Kier alpha value is -3.80. The molecule has 2 amide bonds. The Morgan fingerprint density at radius 1 is 0.944 bits per heavy atom. The van der Waals surface area contributed by atoms with Gasteiger partial charge in [0, 0.05) is 19.5 Å². The number of aryl methyl sites for hydroxylation is 1. The highest BCUT2D eigenvalue weighted by molar-refractivity contribution is 5.88. The lowest BCUT2D eigenvalue weighted by Gasteiger charge is -2.31. The lowest BCUT2D eigenvalue weighted by molar-refractivity contribution is -0.142. The number of unbranched alkanes of at least 4 members (excludes halogenated alkanes) is 1. The molecule has 190 valence electrons. The number of ether oxygens (including phenoxy) is 2. The first-order valence-electron chi connectivity index (χ1n) is 12.4. The molecule has 6 heteroatoms. The van der Waals surface area contributed by atoms with Gasteiger partial charge in [0.25, 0.3) is 5.91 Å². The largest absolute Gasteiger partial charge is 0.497 e. The number of methoxy groups -OCH3 is 1. The average Bonchev–Trinajstić information content (AvgIpc) is 2.90. The van der Waals surface area contributed by atoms with Crippen molar-refractivity contribution in [2.75, 3.05) is 20.3 Å². The summed E-state index contributed by atoms with van der Waals surface area (Å²) in [6.07, 6.45) is 2.25. The zero-order valence-electron chi connectivity index (χ0n) is 21.4. The number of hydrogen-bond donors (Lipinski definition) is 1. The molecule has 0 heterocycles. The van der Waals surface area contributed by atoms with Crippen LogP contribution in [0, 0.1) is 6.92 Å². The minimum atomic E-state index is -0.691. The molecular weight excluding hydrogens is 452 g/mol. The molecule has 0 aliphatic carbocycles. The Kier molecular flexibility index (Phi) is 10.4. The quantitative estimate of drug-likeness (QED) is 0.346. The van der Waals surface area contributed by atoms with Gasteiger partial charge in [-0.15, -0.1) is 0 Å². The third kappa shape index (κ3) is 7.87. The number of benzene rings is 3. The summed E-state index contributed by atoms with van der Waals surface area (Å²) in [5.41, 5.74) is 2.80. The van der Waals surface area contributed by atoms with Crippen LogP contribution in [0.4, 0.5) is 0 Å². The molecule has 0 aromatic heterocycles. The summed E-state index contributed by atoms with van der Waals surface area (Å²) in [6.45, 7) is 4.68. The predicted molar refractivity (Wildman–Crippen MR) is 142 cm³/mol. The van der Waals surface area contributed by atoms with Gasteiger partial charge in [-0.25, -0.2) is 0 Å². The molecule has 1 atom stereocenters. The van der Waals surface area contributed by atoms with Crippen molar-refractivity contribution in [1.29, 1.82) is 0 Å². The van der Waals surface area contributed by atoms with E-state index < -0.39 is 6.04 Å². The normalized spacial score (nSPS) is 11.4. The van der Waals surface area contributed by atoms with E-state index in [0.717, 1.165) is 29.5 Å². The smallest absolute Gasteiger partial charge is 0.261 e. The van der Waals surface area contributed by atoms with Crippen LogP contribution in [0.3, 0.4) is 0 Å². The van der Waals surface area contributed by atoms with Crippen molar-refractivity contribution in [2.45, 2.75) is 45.7 Å². The van der Waals surface area contributed by atoms with Crippen molar-refractivity contribution in [2.24, 2.45) is 0 Å². The highest BCUT2D eigenvalue weighted by Gasteiger charge is 2.30. The first-order chi connectivity index (χ1) is 17.5. The van der Waals surface area contributed by atoms with Gasteiger partial charge in [-0.3, -0.25) is 9.59 Å². The Bertz CT molecular complexity index is 1120. The highest BCUT2D eigenvalue weighted by atomic mass is 16.5. The monoisotopic (exact) mass is 488 g/mol. The Morgan fingerprint density at radius 3 is 2.39 bits per heavy atom. The second-order valence-corrected chi connectivity index (χ2v) is 8.78. The third-order valence-electron chi connectivity index (χ3n) is 6.03. The molecule has 3 aromatic carbocycles. The van der Waals surface area contributed by atoms with Crippen molar-refractivity contribution in [3.05, 3.63) is 95.6 Å². The van der Waals surface area contributed by atoms with Gasteiger partial charge >= 0.3 is 0 Å². The summed E-state index contributed by atoms with van der Waals surface area (Å²) in [4.78, 5) is 28.7. The molecule has 3 rings (SSSR count). The van der Waals surface area contributed by atoms with Crippen molar-refractivity contribution < 1.29 is 19.1 Å². The van der Waals surface area contributed by atoms with Crippen LogP contribution in [0.15, 0.2) is 78.9 Å². The molecule has 0 bridgehead atoms. The number of nitrogens with one attached hydrogen (secondary N) is 1. The standard InChI is InChI=1S/C30H36N2O4/c1-4-5-18-31-30(34)27(20-24-13-7-6-8-14-24)32(21-25-15-11-16-26(19-25)35-3)29(33)22-36-28-17-10-9-12-23(28)2/h6-17,19,27H,4-5,18,20-22H2,1-3H3,(H,31,34). The molecule has 0 radical (unpaired) electrons. The lowest BCUT2D eigenvalue weighted by atomic mass is 10.0. The number of amides is 2. The fourth-order valence-electron chi connectivity index (χ4n) is 3.97. The van der Waals surface area contributed by atoms with Crippen molar-refractivity contribution in [3.8, 4) is 11.5 Å². The van der Waals surface area contributed by atoms with Gasteiger partial charge in [-0.2, -0.15) is 0 Å². The number of para-hydroxylation sites is 1. The van der Waals surface area contributed by atoms with E-state index in [9.17, 15) is 9.59 Å². The van der Waals surface area contributed by atoms with Crippen LogP contribution < -0.4 is 14.8 Å². The van der Waals surface area contributed by atoms with Crippen LogP contribution in [-0.4, -0.2) is 43.0 Å². The fraction of sp³-hybridized carbons (Fsp3) is 0.333. The van der Waals surface area contributed by atoms with Crippen LogP contribution >= 0.6 is 0 Å². The first kappa shape index (κ1) is 26.8. The Balaban J connectivity index is 1.91. The molecule has 0 fully saturated rings. The average molecular weight is 489 g/mol. The van der Waals surface area contributed by atoms with Gasteiger partial charge in [0.05, 0.1) is 7.11 Å². The van der Waals surface area contributed by atoms with E-state index in [-0.39, 0.29) is 25.0 Å².